The maximum absolute atomic E-state index is 11.0. The minimum Gasteiger partial charge on any atom is -0.478 e. The summed E-state index contributed by atoms with van der Waals surface area (Å²) in [4.78, 5) is 11.0. The van der Waals surface area contributed by atoms with Gasteiger partial charge in [-0.2, -0.15) is 0 Å². The Hall–Kier alpha value is -3.69. The minimum absolute atomic E-state index is 0.0985. The largest absolute Gasteiger partial charge is 0.478 e. The fraction of sp³-hybridized carbons (Fsp3) is 0.432. The molecule has 0 saturated heterocycles. The van der Waals surface area contributed by atoms with Gasteiger partial charge in [-0.05, 0) is 122 Å². The first-order chi connectivity index (χ1) is 22.0. The Morgan fingerprint density at radius 2 is 1.40 bits per heavy atom. The van der Waals surface area contributed by atoms with Crippen molar-refractivity contribution >= 4 is 17.6 Å². The Balaban J connectivity index is 0.000000262. The number of aliphatic hydroxyl groups excluding tert-OH is 1. The third kappa shape index (κ3) is 10.4. The molecular weight excluding hydrogens is 576 g/mol. The van der Waals surface area contributed by atoms with Gasteiger partial charge in [-0.1, -0.05) is 131 Å². The number of carbonyl (C=O) groups is 1. The quantitative estimate of drug-likeness (QED) is 0.224. The summed E-state index contributed by atoms with van der Waals surface area (Å²) in [5.74, 6) is -0.892. The lowest BCUT2D eigenvalue weighted by molar-refractivity contribution is 0.0697. The molecule has 0 aromatic heterocycles. The smallest absolute Gasteiger partial charge is 0.335 e. The first kappa shape index (κ1) is 37.8. The van der Waals surface area contributed by atoms with E-state index in [-0.39, 0.29) is 17.4 Å². The summed E-state index contributed by atoms with van der Waals surface area (Å²) in [6, 6.07) is 13.9. The van der Waals surface area contributed by atoms with Crippen LogP contribution in [0.1, 0.15) is 134 Å². The van der Waals surface area contributed by atoms with Crippen molar-refractivity contribution in [1.29, 1.82) is 0 Å². The van der Waals surface area contributed by atoms with Crippen LogP contribution in [0.5, 0.6) is 0 Å². The molecule has 2 aliphatic rings. The van der Waals surface area contributed by atoms with Crippen LogP contribution in [0.4, 0.5) is 0 Å². The Morgan fingerprint density at radius 3 is 2.00 bits per heavy atom. The maximum Gasteiger partial charge on any atom is 0.335 e. The van der Waals surface area contributed by atoms with Crippen molar-refractivity contribution in [2.45, 2.75) is 112 Å². The van der Waals surface area contributed by atoms with Crippen molar-refractivity contribution < 1.29 is 15.0 Å². The number of allylic oxidation sites excluding steroid dienone is 10. The number of hydrogen-bond acceptors (Lipinski definition) is 2. The topological polar surface area (TPSA) is 57.5 Å². The van der Waals surface area contributed by atoms with E-state index >= 15 is 0 Å². The van der Waals surface area contributed by atoms with Crippen molar-refractivity contribution in [2.75, 3.05) is 6.61 Å². The van der Waals surface area contributed by atoms with Gasteiger partial charge in [-0.15, -0.1) is 0 Å². The van der Waals surface area contributed by atoms with Crippen LogP contribution < -0.4 is 0 Å². The summed E-state index contributed by atoms with van der Waals surface area (Å²) < 4.78 is 0. The molecule has 0 heterocycles. The van der Waals surface area contributed by atoms with Crippen LogP contribution in [0.3, 0.4) is 0 Å². The second kappa shape index (κ2) is 15.9. The molecule has 0 fully saturated rings. The molecule has 2 N–H and O–H groups in total. The van der Waals surface area contributed by atoms with Gasteiger partial charge in [-0.25, -0.2) is 4.79 Å². The van der Waals surface area contributed by atoms with E-state index in [9.17, 15) is 4.79 Å². The van der Waals surface area contributed by atoms with Gasteiger partial charge in [0.15, 0.2) is 0 Å². The molecule has 0 atom stereocenters. The molecule has 2 aromatic carbocycles. The van der Waals surface area contributed by atoms with Crippen LogP contribution in [0.2, 0.25) is 0 Å². The predicted molar refractivity (Wildman–Crippen MR) is 202 cm³/mol. The van der Waals surface area contributed by atoms with E-state index in [1.165, 1.54) is 71.1 Å². The lowest BCUT2D eigenvalue weighted by Crippen LogP contribution is -2.33. The van der Waals surface area contributed by atoms with E-state index in [1.807, 2.05) is 31.2 Å². The number of aliphatic hydroxyl groups is 1. The third-order valence-electron chi connectivity index (χ3n) is 10.0. The molecule has 2 aromatic rings. The zero-order valence-electron chi connectivity index (χ0n) is 30.6. The highest BCUT2D eigenvalue weighted by molar-refractivity contribution is 5.88. The highest BCUT2D eigenvalue weighted by atomic mass is 16.4. The molecule has 47 heavy (non-hydrogen) atoms. The highest BCUT2D eigenvalue weighted by Crippen LogP contribution is 2.46. The van der Waals surface area contributed by atoms with Crippen LogP contribution in [-0.2, 0) is 10.8 Å². The van der Waals surface area contributed by atoms with E-state index in [1.54, 1.807) is 18.2 Å². The molecular formula is C44H58O3. The molecule has 0 bridgehead atoms. The average Bonchev–Trinajstić information content (AvgIpc) is 2.99. The SMILES string of the molecule is C/C(=C\c1ccc(C(=O)O)cc1)c1ccc2c(c1)C(C)(C)CCC2(C)C.CC1=C(/C=C/C(C)=C/C=C/C(C)=C/CO)C(C)(C)CCC1. The van der Waals surface area contributed by atoms with Gasteiger partial charge in [-0.3, -0.25) is 0 Å². The summed E-state index contributed by atoms with van der Waals surface area (Å²) in [5.41, 5.74) is 12.8. The molecule has 0 amide bonds. The fourth-order valence-corrected chi connectivity index (χ4v) is 6.73. The minimum atomic E-state index is -0.892. The van der Waals surface area contributed by atoms with Crippen LogP contribution in [-0.4, -0.2) is 22.8 Å². The molecule has 0 radical (unpaired) electrons. The van der Waals surface area contributed by atoms with Crippen molar-refractivity contribution in [3.63, 3.8) is 0 Å². The Bertz CT molecular complexity index is 1600. The molecule has 0 aliphatic heterocycles. The van der Waals surface area contributed by atoms with Crippen LogP contribution in [0.25, 0.3) is 11.6 Å². The van der Waals surface area contributed by atoms with Gasteiger partial charge in [0.25, 0.3) is 0 Å². The fourth-order valence-electron chi connectivity index (χ4n) is 6.73. The van der Waals surface area contributed by atoms with Crippen molar-refractivity contribution in [1.82, 2.24) is 0 Å². The second-order valence-electron chi connectivity index (χ2n) is 15.4. The van der Waals surface area contributed by atoms with Crippen molar-refractivity contribution in [2.24, 2.45) is 5.41 Å². The summed E-state index contributed by atoms with van der Waals surface area (Å²) in [5, 5.41) is 17.8. The molecule has 0 saturated carbocycles. The van der Waals surface area contributed by atoms with Crippen molar-refractivity contribution in [3.05, 3.63) is 129 Å². The monoisotopic (exact) mass is 634 g/mol. The van der Waals surface area contributed by atoms with Gasteiger partial charge in [0.05, 0.1) is 12.2 Å². The molecule has 3 nitrogen and oxygen atoms in total. The molecule has 252 valence electrons. The molecule has 0 unspecified atom stereocenters. The van der Waals surface area contributed by atoms with Gasteiger partial charge in [0.2, 0.25) is 0 Å². The molecule has 0 spiro atoms. The van der Waals surface area contributed by atoms with Gasteiger partial charge < -0.3 is 10.2 Å². The van der Waals surface area contributed by atoms with E-state index in [2.05, 4.69) is 105 Å². The van der Waals surface area contributed by atoms with Gasteiger partial charge >= 0.3 is 5.97 Å². The van der Waals surface area contributed by atoms with Crippen LogP contribution >= 0.6 is 0 Å². The van der Waals surface area contributed by atoms with E-state index < -0.39 is 5.97 Å². The van der Waals surface area contributed by atoms with Gasteiger partial charge in [0.1, 0.15) is 0 Å². The summed E-state index contributed by atoms with van der Waals surface area (Å²) in [7, 11) is 0. The lowest BCUT2D eigenvalue weighted by Gasteiger charge is -2.42. The standard InChI is InChI=1S/C24H28O2.C20H30O/c1-16(14-17-6-8-18(9-7-17)22(25)26)19-10-11-20-21(15-19)24(4,5)13-12-23(20,2)3;1-16(8-6-9-17(2)13-15-21)11-12-19-18(3)10-7-14-20(19,4)5/h6-11,14-15H,12-13H2,1-5H3,(H,25,26);6,8-9,11-13,21H,7,10,14-15H2,1-5H3/b16-14+;9-6+,12-11+,16-8+,17-13+. The lowest BCUT2D eigenvalue weighted by atomic mass is 9.63. The van der Waals surface area contributed by atoms with Crippen LogP contribution in [0, 0.1) is 5.41 Å². The number of carboxylic acids is 1. The summed E-state index contributed by atoms with van der Waals surface area (Å²) >= 11 is 0. The van der Waals surface area contributed by atoms with Crippen LogP contribution in [0.15, 0.2) is 101 Å². The molecule has 4 rings (SSSR count). The van der Waals surface area contributed by atoms with E-state index in [4.69, 9.17) is 10.2 Å². The van der Waals surface area contributed by atoms with E-state index in [0.29, 0.717) is 11.0 Å². The third-order valence-corrected chi connectivity index (χ3v) is 10.0. The first-order valence-corrected chi connectivity index (χ1v) is 17.1. The van der Waals surface area contributed by atoms with E-state index in [0.717, 1.165) is 11.1 Å². The van der Waals surface area contributed by atoms with Crippen molar-refractivity contribution in [3.8, 4) is 0 Å². The zero-order chi connectivity index (χ0) is 35.0. The Morgan fingerprint density at radius 1 is 0.787 bits per heavy atom. The molecule has 2 aliphatic carbocycles. The van der Waals surface area contributed by atoms with Gasteiger partial charge in [0, 0.05) is 0 Å². The normalized spacial score (nSPS) is 19.4. The maximum atomic E-state index is 11.0. The summed E-state index contributed by atoms with van der Waals surface area (Å²) in [6.07, 6.45) is 20.8. The Labute approximate surface area is 285 Å². The number of benzene rings is 2. The zero-order valence-corrected chi connectivity index (χ0v) is 30.6. The highest BCUT2D eigenvalue weighted by Gasteiger charge is 2.37. The molecule has 3 heteroatoms. The predicted octanol–water partition coefficient (Wildman–Crippen LogP) is 11.8. The number of fused-ring (bicyclic) bond motifs is 1. The number of aromatic carboxylic acids is 1. The Kier molecular flexibility index (Phi) is 12.8. The number of hydrogen-bond donors (Lipinski definition) is 2. The summed E-state index contributed by atoms with van der Waals surface area (Å²) in [6.45, 7) is 22.7. The average molecular weight is 635 g/mol. The number of carboxylic acid groups (broad SMARTS) is 1. The number of rotatable bonds is 8. The second-order valence-corrected chi connectivity index (χ2v) is 15.4. The first-order valence-electron chi connectivity index (χ1n) is 17.1.